The highest BCUT2D eigenvalue weighted by Gasteiger charge is 2.28. The van der Waals surface area contributed by atoms with Gasteiger partial charge in [0.15, 0.2) is 6.10 Å². The van der Waals surface area contributed by atoms with Crippen molar-refractivity contribution in [1.29, 1.82) is 0 Å². The quantitative estimate of drug-likeness (QED) is 0.526. The molecule has 1 heterocycles. The van der Waals surface area contributed by atoms with Crippen molar-refractivity contribution in [2.75, 3.05) is 6.61 Å². The second-order valence-electron chi connectivity index (χ2n) is 6.16. The van der Waals surface area contributed by atoms with E-state index in [1.807, 2.05) is 0 Å². The zero-order valence-electron chi connectivity index (χ0n) is 16.4. The molecule has 0 spiro atoms. The maximum atomic E-state index is 12.7. The summed E-state index contributed by atoms with van der Waals surface area (Å²) in [7, 11) is 0. The first-order valence-electron chi connectivity index (χ1n) is 8.82. The van der Waals surface area contributed by atoms with E-state index in [4.69, 9.17) is 9.47 Å². The molecule has 0 aliphatic heterocycles. The monoisotopic (exact) mass is 409 g/mol. The molecule has 156 valence electrons. The van der Waals surface area contributed by atoms with E-state index in [0.717, 1.165) is 6.07 Å². The molecule has 0 unspecified atom stereocenters. The van der Waals surface area contributed by atoms with Gasteiger partial charge in [0, 0.05) is 5.69 Å². The number of benzene rings is 1. The number of nitrogens with one attached hydrogen (secondary N) is 1. The van der Waals surface area contributed by atoms with Gasteiger partial charge < -0.3 is 19.2 Å². The van der Waals surface area contributed by atoms with Crippen LogP contribution in [0.1, 0.15) is 56.3 Å². The fourth-order valence-corrected chi connectivity index (χ4v) is 2.79. The molecule has 2 rings (SSSR count). The predicted molar refractivity (Wildman–Crippen MR) is 98.5 cm³/mol. The number of alkyl halides is 2. The van der Waals surface area contributed by atoms with E-state index in [0.29, 0.717) is 11.3 Å². The molecular formula is C20H21F2NO6. The molecule has 9 heteroatoms. The number of aromatic amines is 1. The lowest BCUT2D eigenvalue weighted by molar-refractivity contribution is -0.0499. The average molecular weight is 409 g/mol. The Balaban J connectivity index is 2.16. The summed E-state index contributed by atoms with van der Waals surface area (Å²) in [6, 6.07) is 5.06. The third kappa shape index (κ3) is 5.18. The fraction of sp³-hybridized carbons (Fsp3) is 0.350. The molecule has 0 amide bonds. The Morgan fingerprint density at radius 1 is 1.14 bits per heavy atom. The van der Waals surface area contributed by atoms with Crippen LogP contribution in [0.25, 0.3) is 0 Å². The Kier molecular flexibility index (Phi) is 7.08. The zero-order chi connectivity index (χ0) is 21.7. The van der Waals surface area contributed by atoms with Crippen LogP contribution < -0.4 is 4.74 Å². The van der Waals surface area contributed by atoms with E-state index in [-0.39, 0.29) is 29.2 Å². The summed E-state index contributed by atoms with van der Waals surface area (Å²) in [4.78, 5) is 39.9. The SMILES string of the molecule is CCOC(=O)c1c(C)[nH]c(C(=O)[C@@H](C)OC(=O)c2cccc(OC(F)F)c2)c1C. The van der Waals surface area contributed by atoms with Crippen molar-refractivity contribution in [3.63, 3.8) is 0 Å². The van der Waals surface area contributed by atoms with Gasteiger partial charge in [-0.2, -0.15) is 8.78 Å². The zero-order valence-corrected chi connectivity index (χ0v) is 16.4. The fourth-order valence-electron chi connectivity index (χ4n) is 2.79. The van der Waals surface area contributed by atoms with E-state index >= 15 is 0 Å². The van der Waals surface area contributed by atoms with Gasteiger partial charge in [0.25, 0.3) is 0 Å². The summed E-state index contributed by atoms with van der Waals surface area (Å²) in [5, 5.41) is 0. The van der Waals surface area contributed by atoms with Gasteiger partial charge in [-0.3, -0.25) is 4.79 Å². The first-order valence-corrected chi connectivity index (χ1v) is 8.82. The van der Waals surface area contributed by atoms with E-state index < -0.39 is 30.4 Å². The summed E-state index contributed by atoms with van der Waals surface area (Å²) < 4.78 is 39.0. The molecular weight excluding hydrogens is 388 g/mol. The highest BCUT2D eigenvalue weighted by atomic mass is 19.3. The van der Waals surface area contributed by atoms with Gasteiger partial charge in [0.2, 0.25) is 5.78 Å². The van der Waals surface area contributed by atoms with Gasteiger partial charge in [0.05, 0.1) is 23.4 Å². The number of aryl methyl sites for hydroxylation is 1. The van der Waals surface area contributed by atoms with Crippen LogP contribution in [0.3, 0.4) is 0 Å². The van der Waals surface area contributed by atoms with Gasteiger partial charge in [-0.1, -0.05) is 6.07 Å². The van der Waals surface area contributed by atoms with Crippen molar-refractivity contribution in [3.05, 3.63) is 52.3 Å². The minimum Gasteiger partial charge on any atom is -0.462 e. The molecule has 7 nitrogen and oxygen atoms in total. The molecule has 2 aromatic rings. The lowest BCUT2D eigenvalue weighted by Crippen LogP contribution is -2.25. The Morgan fingerprint density at radius 3 is 2.45 bits per heavy atom. The molecule has 0 aliphatic carbocycles. The van der Waals surface area contributed by atoms with Crippen LogP contribution in [0.2, 0.25) is 0 Å². The molecule has 1 aromatic carbocycles. The molecule has 1 aromatic heterocycles. The van der Waals surface area contributed by atoms with Gasteiger partial charge in [-0.25, -0.2) is 9.59 Å². The Hall–Kier alpha value is -3.23. The number of hydrogen-bond donors (Lipinski definition) is 1. The molecule has 0 bridgehead atoms. The van der Waals surface area contributed by atoms with Crippen LogP contribution in [0.5, 0.6) is 5.75 Å². The predicted octanol–water partition coefficient (Wildman–Crippen LogP) is 3.84. The molecule has 0 saturated heterocycles. The summed E-state index contributed by atoms with van der Waals surface area (Å²) in [6.07, 6.45) is -1.19. The van der Waals surface area contributed by atoms with Crippen LogP contribution in [0, 0.1) is 13.8 Å². The average Bonchev–Trinajstić information content (AvgIpc) is 2.95. The van der Waals surface area contributed by atoms with E-state index in [1.54, 1.807) is 20.8 Å². The first-order chi connectivity index (χ1) is 13.6. The number of hydrogen-bond acceptors (Lipinski definition) is 6. The van der Waals surface area contributed by atoms with E-state index in [9.17, 15) is 23.2 Å². The molecule has 0 saturated carbocycles. The van der Waals surface area contributed by atoms with Crippen molar-refractivity contribution < 1.29 is 37.4 Å². The largest absolute Gasteiger partial charge is 0.462 e. The van der Waals surface area contributed by atoms with Crippen molar-refractivity contribution in [2.24, 2.45) is 0 Å². The van der Waals surface area contributed by atoms with Crippen molar-refractivity contribution in [1.82, 2.24) is 4.98 Å². The topological polar surface area (TPSA) is 94.7 Å². The summed E-state index contributed by atoms with van der Waals surface area (Å²) in [5.41, 5.74) is 1.18. The number of ketones is 1. The van der Waals surface area contributed by atoms with Gasteiger partial charge in [-0.05, 0) is 51.5 Å². The van der Waals surface area contributed by atoms with Crippen LogP contribution >= 0.6 is 0 Å². The third-order valence-electron chi connectivity index (χ3n) is 4.11. The number of aromatic nitrogens is 1. The number of Topliss-reactive ketones (excluding diaryl/α,β-unsaturated/α-hetero) is 1. The maximum absolute atomic E-state index is 12.7. The number of H-pyrrole nitrogens is 1. The number of esters is 2. The summed E-state index contributed by atoms with van der Waals surface area (Å²) in [6.45, 7) is 3.41. The molecule has 0 aliphatic rings. The highest BCUT2D eigenvalue weighted by molar-refractivity contribution is 6.04. The van der Waals surface area contributed by atoms with Crippen LogP contribution in [0.4, 0.5) is 8.78 Å². The Morgan fingerprint density at radius 2 is 1.83 bits per heavy atom. The Bertz CT molecular complexity index is 922. The van der Waals surface area contributed by atoms with E-state index in [2.05, 4.69) is 9.72 Å². The van der Waals surface area contributed by atoms with Gasteiger partial charge >= 0.3 is 18.6 Å². The molecule has 29 heavy (non-hydrogen) atoms. The summed E-state index contributed by atoms with van der Waals surface area (Å²) >= 11 is 0. The second-order valence-corrected chi connectivity index (χ2v) is 6.16. The smallest absolute Gasteiger partial charge is 0.387 e. The summed E-state index contributed by atoms with van der Waals surface area (Å²) in [5.74, 6) is -2.19. The third-order valence-corrected chi connectivity index (χ3v) is 4.11. The minimum absolute atomic E-state index is 0.0469. The van der Waals surface area contributed by atoms with Crippen LogP contribution in [-0.2, 0) is 9.47 Å². The number of carbonyl (C=O) groups excluding carboxylic acids is 3. The second kappa shape index (κ2) is 9.31. The lowest BCUT2D eigenvalue weighted by atomic mass is 10.1. The molecule has 0 radical (unpaired) electrons. The Labute approximate surface area is 166 Å². The van der Waals surface area contributed by atoms with Gasteiger partial charge in [0.1, 0.15) is 5.75 Å². The minimum atomic E-state index is -3.03. The number of rotatable bonds is 8. The number of halogens is 2. The molecule has 1 N–H and O–H groups in total. The highest BCUT2D eigenvalue weighted by Crippen LogP contribution is 2.22. The van der Waals surface area contributed by atoms with Crippen molar-refractivity contribution in [3.8, 4) is 5.75 Å². The lowest BCUT2D eigenvalue weighted by Gasteiger charge is -2.13. The molecule has 0 fully saturated rings. The van der Waals surface area contributed by atoms with Gasteiger partial charge in [-0.15, -0.1) is 0 Å². The molecule has 1 atom stereocenters. The maximum Gasteiger partial charge on any atom is 0.387 e. The number of ether oxygens (including phenoxy) is 3. The van der Waals surface area contributed by atoms with Crippen molar-refractivity contribution in [2.45, 2.75) is 40.4 Å². The van der Waals surface area contributed by atoms with Crippen LogP contribution in [-0.4, -0.2) is 42.0 Å². The normalized spacial score (nSPS) is 11.8. The van der Waals surface area contributed by atoms with Crippen LogP contribution in [0.15, 0.2) is 24.3 Å². The first kappa shape index (κ1) is 22.1. The van der Waals surface area contributed by atoms with E-state index in [1.165, 1.54) is 25.1 Å². The standard InChI is InChI=1S/C20H21F2NO6/c1-5-27-19(26)15-10(2)16(23-11(15)3)17(24)12(4)28-18(25)13-7-6-8-14(9-13)29-20(21)22/h6-9,12,20,23H,5H2,1-4H3/t12-/m1/s1. The number of carbonyl (C=O) groups is 3. The van der Waals surface area contributed by atoms with Crippen molar-refractivity contribution >= 4 is 17.7 Å².